The van der Waals surface area contributed by atoms with E-state index in [2.05, 4.69) is 10.3 Å². The first-order chi connectivity index (χ1) is 11.8. The van der Waals surface area contributed by atoms with Crippen LogP contribution in [0.2, 0.25) is 0 Å². The minimum atomic E-state index is -3.23. The number of aromatic nitrogens is 1. The smallest absolute Gasteiger partial charge is 0.175 e. The average Bonchev–Trinajstić information content (AvgIpc) is 3.06. The zero-order chi connectivity index (χ0) is 18.1. The van der Waals surface area contributed by atoms with Gasteiger partial charge in [-0.1, -0.05) is 0 Å². The molecule has 1 N–H and O–H groups in total. The minimum Gasteiger partial charge on any atom is -0.485 e. The Morgan fingerprint density at radius 2 is 1.88 bits per heavy atom. The third-order valence-corrected chi connectivity index (χ3v) is 6.73. The van der Waals surface area contributed by atoms with E-state index in [1.807, 2.05) is 6.92 Å². The van der Waals surface area contributed by atoms with E-state index in [-0.39, 0.29) is 23.4 Å². The summed E-state index contributed by atoms with van der Waals surface area (Å²) in [5, 5.41) is 3.66. The highest BCUT2D eigenvalue weighted by atomic mass is 35.5. The number of nitrogens with zero attached hydrogens (tertiary/aromatic N) is 1. The number of halogens is 2. The number of hydrogen-bond acceptors (Lipinski definition) is 6. The van der Waals surface area contributed by atoms with Crippen LogP contribution in [0.4, 0.5) is 4.39 Å². The average molecular weight is 421 g/mol. The molecule has 5 nitrogen and oxygen atoms in total. The van der Waals surface area contributed by atoms with Gasteiger partial charge in [0.05, 0.1) is 9.77 Å². The van der Waals surface area contributed by atoms with Crippen molar-refractivity contribution < 1.29 is 17.5 Å². The number of alkyl halides is 1. The third-order valence-electron chi connectivity index (χ3n) is 4.27. The number of sulfone groups is 1. The zero-order valence-corrected chi connectivity index (χ0v) is 17.0. The van der Waals surface area contributed by atoms with Crippen LogP contribution in [-0.2, 0) is 15.5 Å². The molecule has 1 aliphatic heterocycles. The Labute approximate surface area is 163 Å². The van der Waals surface area contributed by atoms with Crippen LogP contribution < -0.4 is 10.1 Å². The molecule has 0 saturated carbocycles. The Morgan fingerprint density at radius 1 is 1.27 bits per heavy atom. The van der Waals surface area contributed by atoms with Crippen molar-refractivity contribution in [3.63, 3.8) is 0 Å². The van der Waals surface area contributed by atoms with Crippen molar-refractivity contribution in [3.05, 3.63) is 40.3 Å². The molecule has 0 aliphatic carbocycles. The summed E-state index contributed by atoms with van der Waals surface area (Å²) in [6.07, 6.45) is 3.40. The van der Waals surface area contributed by atoms with E-state index < -0.39 is 15.5 Å². The standard InChI is InChI=1S/C17H21FN2O3S2.ClH/c1-12(23-13-3-5-14(6-4-13)25(2,21)22)15-11-20-16(24-15)17(18)7-9-19-10-8-17;/h3-6,11-12,19H,7-10H2,1-2H3;1H. The Morgan fingerprint density at radius 3 is 2.46 bits per heavy atom. The Balaban J connectivity index is 0.00000243. The molecular formula is C17H22ClFN2O3S2. The minimum absolute atomic E-state index is 0. The van der Waals surface area contributed by atoms with E-state index in [9.17, 15) is 12.8 Å². The second-order valence-corrected chi connectivity index (χ2v) is 9.36. The van der Waals surface area contributed by atoms with Crippen molar-refractivity contribution in [2.45, 2.75) is 36.4 Å². The van der Waals surface area contributed by atoms with Crippen molar-refractivity contribution in [2.75, 3.05) is 19.3 Å². The normalized spacial score (nSPS) is 18.0. The highest BCUT2D eigenvalue weighted by molar-refractivity contribution is 7.90. The maximum absolute atomic E-state index is 15.0. The molecule has 1 atom stereocenters. The molecule has 0 spiro atoms. The molecule has 2 heterocycles. The zero-order valence-electron chi connectivity index (χ0n) is 14.6. The first-order valence-electron chi connectivity index (χ1n) is 8.10. The van der Waals surface area contributed by atoms with Gasteiger partial charge in [0, 0.05) is 25.3 Å². The lowest BCUT2D eigenvalue weighted by Crippen LogP contribution is -2.36. The van der Waals surface area contributed by atoms with Crippen LogP contribution >= 0.6 is 23.7 Å². The van der Waals surface area contributed by atoms with Gasteiger partial charge in [0.2, 0.25) is 0 Å². The van der Waals surface area contributed by atoms with Gasteiger partial charge >= 0.3 is 0 Å². The van der Waals surface area contributed by atoms with Crippen LogP contribution in [0.5, 0.6) is 5.75 Å². The van der Waals surface area contributed by atoms with E-state index in [0.717, 1.165) is 11.1 Å². The summed E-state index contributed by atoms with van der Waals surface area (Å²) in [7, 11) is -3.23. The predicted octanol–water partition coefficient (Wildman–Crippen LogP) is 3.66. The highest BCUT2D eigenvalue weighted by Gasteiger charge is 2.37. The molecule has 3 rings (SSSR count). The van der Waals surface area contributed by atoms with Crippen molar-refractivity contribution in [1.82, 2.24) is 10.3 Å². The van der Waals surface area contributed by atoms with Gasteiger partial charge in [-0.3, -0.25) is 0 Å². The van der Waals surface area contributed by atoms with Gasteiger partial charge in [-0.2, -0.15) is 0 Å². The third kappa shape index (κ3) is 4.73. The summed E-state index contributed by atoms with van der Waals surface area (Å²) in [6.45, 7) is 3.18. The number of rotatable bonds is 5. The maximum Gasteiger partial charge on any atom is 0.175 e. The van der Waals surface area contributed by atoms with E-state index in [4.69, 9.17) is 4.74 Å². The lowest BCUT2D eigenvalue weighted by Gasteiger charge is -2.27. The fourth-order valence-electron chi connectivity index (χ4n) is 2.75. The van der Waals surface area contributed by atoms with E-state index >= 15 is 0 Å². The molecule has 26 heavy (non-hydrogen) atoms. The molecule has 1 aromatic heterocycles. The molecule has 2 aromatic rings. The number of piperidine rings is 1. The van der Waals surface area contributed by atoms with Gasteiger partial charge in [-0.05, 0) is 44.3 Å². The summed E-state index contributed by atoms with van der Waals surface area (Å²) in [4.78, 5) is 5.37. The molecular weight excluding hydrogens is 399 g/mol. The van der Waals surface area contributed by atoms with Gasteiger partial charge in [-0.25, -0.2) is 17.8 Å². The fraction of sp³-hybridized carbons (Fsp3) is 0.471. The number of nitrogens with one attached hydrogen (secondary N) is 1. The lowest BCUT2D eigenvalue weighted by atomic mass is 9.95. The van der Waals surface area contributed by atoms with Crippen LogP contribution in [0.25, 0.3) is 0 Å². The first kappa shape index (κ1) is 21.1. The number of ether oxygens (including phenoxy) is 1. The van der Waals surface area contributed by atoms with Crippen LogP contribution in [0.3, 0.4) is 0 Å². The van der Waals surface area contributed by atoms with Crippen molar-refractivity contribution in [1.29, 1.82) is 0 Å². The van der Waals surface area contributed by atoms with E-state index in [1.165, 1.54) is 23.5 Å². The summed E-state index contributed by atoms with van der Waals surface area (Å²) in [5.41, 5.74) is -1.36. The summed E-state index contributed by atoms with van der Waals surface area (Å²) in [5.74, 6) is 0.562. The summed E-state index contributed by atoms with van der Waals surface area (Å²) >= 11 is 1.34. The first-order valence-corrected chi connectivity index (χ1v) is 10.8. The lowest BCUT2D eigenvalue weighted by molar-refractivity contribution is 0.115. The van der Waals surface area contributed by atoms with Crippen molar-refractivity contribution in [2.24, 2.45) is 0 Å². The number of hydrogen-bond donors (Lipinski definition) is 1. The Hall–Kier alpha value is -1.22. The van der Waals surface area contributed by atoms with Gasteiger partial charge in [0.15, 0.2) is 15.5 Å². The van der Waals surface area contributed by atoms with Gasteiger partial charge < -0.3 is 10.1 Å². The highest BCUT2D eigenvalue weighted by Crippen LogP contribution is 2.39. The topological polar surface area (TPSA) is 68.3 Å². The fourth-order valence-corrected chi connectivity index (χ4v) is 4.41. The molecule has 1 unspecified atom stereocenters. The second kappa shape index (κ2) is 8.21. The molecule has 144 valence electrons. The largest absolute Gasteiger partial charge is 0.485 e. The van der Waals surface area contributed by atoms with Crippen LogP contribution in [-0.4, -0.2) is 32.7 Å². The molecule has 0 bridgehead atoms. The molecule has 9 heteroatoms. The maximum atomic E-state index is 15.0. The van der Waals surface area contributed by atoms with Gasteiger partial charge in [0.25, 0.3) is 0 Å². The number of thiazole rings is 1. The van der Waals surface area contributed by atoms with Crippen LogP contribution in [0.1, 0.15) is 35.8 Å². The monoisotopic (exact) mass is 420 g/mol. The molecule has 1 aliphatic rings. The van der Waals surface area contributed by atoms with E-state index in [1.54, 1.807) is 18.3 Å². The molecule has 1 saturated heterocycles. The molecule has 1 fully saturated rings. The quantitative estimate of drug-likeness (QED) is 0.799. The summed E-state index contributed by atoms with van der Waals surface area (Å²) < 4.78 is 43.8. The Kier molecular flexibility index (Phi) is 6.65. The second-order valence-electron chi connectivity index (χ2n) is 6.29. The molecule has 0 radical (unpaired) electrons. The molecule has 1 aromatic carbocycles. The molecule has 0 amide bonds. The van der Waals surface area contributed by atoms with Crippen molar-refractivity contribution >= 4 is 33.6 Å². The summed E-state index contributed by atoms with van der Waals surface area (Å²) in [6, 6.07) is 6.28. The van der Waals surface area contributed by atoms with E-state index in [0.29, 0.717) is 36.7 Å². The Bertz CT molecular complexity index is 834. The van der Waals surface area contributed by atoms with Crippen LogP contribution in [0, 0.1) is 0 Å². The van der Waals surface area contributed by atoms with Gasteiger partial charge in [0.1, 0.15) is 16.9 Å². The van der Waals surface area contributed by atoms with Crippen molar-refractivity contribution in [3.8, 4) is 5.75 Å². The number of benzene rings is 1. The van der Waals surface area contributed by atoms with Crippen LogP contribution in [0.15, 0.2) is 35.4 Å². The SMILES string of the molecule is CC(Oc1ccc(S(C)(=O)=O)cc1)c1cnc(C2(F)CCNCC2)s1.Cl. The predicted molar refractivity (Wildman–Crippen MR) is 103 cm³/mol. The van der Waals surface area contributed by atoms with Gasteiger partial charge in [-0.15, -0.1) is 23.7 Å².